The van der Waals surface area contributed by atoms with Gasteiger partial charge in [-0.05, 0) is 68.0 Å². The van der Waals surface area contributed by atoms with E-state index in [1.54, 1.807) is 0 Å². The highest BCUT2D eigenvalue weighted by atomic mass is 127. The molecule has 0 unspecified atom stereocenters. The molecule has 1 aromatic carbocycles. The van der Waals surface area contributed by atoms with E-state index < -0.39 is 11.1 Å². The third kappa shape index (κ3) is 3.01. The molecule has 5 nitrogen and oxygen atoms in total. The molecular formula is C20H24INO4. The molecule has 0 atom stereocenters. The standard InChI is InChI=1S/C20H24INO4/c1-19(2,3)26-18(23)22-9-6-15-14-5-4-13(21)12-16(14)25-17(15)20(22)7-10-24-11-8-20/h4-5,12H,6-11H2,1-3H3. The highest BCUT2D eigenvalue weighted by Gasteiger charge is 2.50. The van der Waals surface area contributed by atoms with Gasteiger partial charge in [0.1, 0.15) is 22.5 Å². The molecule has 1 saturated heterocycles. The molecule has 26 heavy (non-hydrogen) atoms. The van der Waals surface area contributed by atoms with Crippen molar-refractivity contribution < 1.29 is 18.7 Å². The average Bonchev–Trinajstić information content (AvgIpc) is 2.93. The SMILES string of the molecule is CC(C)(C)OC(=O)N1CCc2c(oc3cc(I)ccc23)C12CCOCC2. The molecule has 0 N–H and O–H groups in total. The number of ether oxygens (including phenoxy) is 2. The summed E-state index contributed by atoms with van der Waals surface area (Å²) in [5.74, 6) is 0.926. The highest BCUT2D eigenvalue weighted by Crippen LogP contribution is 2.47. The van der Waals surface area contributed by atoms with Crippen molar-refractivity contribution in [3.05, 3.63) is 33.1 Å². The Morgan fingerprint density at radius 2 is 2.00 bits per heavy atom. The molecule has 1 fully saturated rings. The number of furan rings is 1. The van der Waals surface area contributed by atoms with Crippen LogP contribution in [0.3, 0.4) is 0 Å². The summed E-state index contributed by atoms with van der Waals surface area (Å²) < 4.78 is 18.8. The average molecular weight is 469 g/mol. The zero-order chi connectivity index (χ0) is 18.5. The lowest BCUT2D eigenvalue weighted by Crippen LogP contribution is -2.56. The molecule has 3 heterocycles. The van der Waals surface area contributed by atoms with Gasteiger partial charge in [0.25, 0.3) is 0 Å². The van der Waals surface area contributed by atoms with Crippen LogP contribution in [0, 0.1) is 3.57 Å². The lowest BCUT2D eigenvalue weighted by atomic mass is 9.80. The fourth-order valence-electron chi connectivity index (χ4n) is 4.10. The second-order valence-electron chi connectivity index (χ2n) is 8.08. The molecule has 140 valence electrons. The van der Waals surface area contributed by atoms with Crippen molar-refractivity contribution in [1.82, 2.24) is 4.90 Å². The van der Waals surface area contributed by atoms with Gasteiger partial charge in [-0.2, -0.15) is 0 Å². The van der Waals surface area contributed by atoms with Gasteiger partial charge in [0.05, 0.1) is 0 Å². The molecular weight excluding hydrogens is 445 g/mol. The molecule has 1 aromatic heterocycles. The van der Waals surface area contributed by atoms with Crippen LogP contribution in [0.15, 0.2) is 22.6 Å². The summed E-state index contributed by atoms with van der Waals surface area (Å²) in [7, 11) is 0. The maximum atomic E-state index is 13.0. The molecule has 2 aliphatic heterocycles. The van der Waals surface area contributed by atoms with Gasteiger partial charge in [0, 0.05) is 47.1 Å². The molecule has 0 radical (unpaired) electrons. The number of carbonyl (C=O) groups excluding carboxylic acids is 1. The first kappa shape index (κ1) is 18.1. The summed E-state index contributed by atoms with van der Waals surface area (Å²) in [5.41, 5.74) is 1.14. The fourth-order valence-corrected chi connectivity index (χ4v) is 4.56. The van der Waals surface area contributed by atoms with Crippen LogP contribution in [0.5, 0.6) is 0 Å². The second-order valence-corrected chi connectivity index (χ2v) is 9.32. The number of hydrogen-bond donors (Lipinski definition) is 0. The van der Waals surface area contributed by atoms with Gasteiger partial charge in [0.15, 0.2) is 0 Å². The maximum Gasteiger partial charge on any atom is 0.411 e. The summed E-state index contributed by atoms with van der Waals surface area (Å²) >= 11 is 2.30. The Morgan fingerprint density at radius 1 is 1.27 bits per heavy atom. The number of nitrogens with zero attached hydrogens (tertiary/aromatic N) is 1. The van der Waals surface area contributed by atoms with Gasteiger partial charge >= 0.3 is 6.09 Å². The van der Waals surface area contributed by atoms with E-state index in [4.69, 9.17) is 13.9 Å². The van der Waals surface area contributed by atoms with Crippen LogP contribution < -0.4 is 0 Å². The van der Waals surface area contributed by atoms with Crippen molar-refractivity contribution in [1.29, 1.82) is 0 Å². The Bertz CT molecular complexity index is 845. The molecule has 4 rings (SSSR count). The Labute approximate surface area is 167 Å². The van der Waals surface area contributed by atoms with Crippen LogP contribution in [0.4, 0.5) is 4.79 Å². The highest BCUT2D eigenvalue weighted by molar-refractivity contribution is 14.1. The van der Waals surface area contributed by atoms with Crippen LogP contribution in [-0.2, 0) is 21.4 Å². The summed E-state index contributed by atoms with van der Waals surface area (Å²) in [6.45, 7) is 7.59. The van der Waals surface area contributed by atoms with Crippen LogP contribution in [-0.4, -0.2) is 36.4 Å². The van der Waals surface area contributed by atoms with E-state index in [2.05, 4.69) is 40.8 Å². The largest absolute Gasteiger partial charge is 0.458 e. The van der Waals surface area contributed by atoms with E-state index >= 15 is 0 Å². The van der Waals surface area contributed by atoms with Crippen LogP contribution >= 0.6 is 22.6 Å². The predicted molar refractivity (Wildman–Crippen MR) is 107 cm³/mol. The summed E-state index contributed by atoms with van der Waals surface area (Å²) in [4.78, 5) is 14.9. The van der Waals surface area contributed by atoms with E-state index in [0.717, 1.165) is 39.6 Å². The van der Waals surface area contributed by atoms with Gasteiger partial charge in [0.2, 0.25) is 0 Å². The molecule has 0 saturated carbocycles. The first-order valence-electron chi connectivity index (χ1n) is 9.10. The maximum absolute atomic E-state index is 13.0. The van der Waals surface area contributed by atoms with Crippen LogP contribution in [0.25, 0.3) is 11.0 Å². The number of benzene rings is 1. The Hall–Kier alpha value is -1.28. The van der Waals surface area contributed by atoms with Crippen molar-refractivity contribution >= 4 is 39.7 Å². The lowest BCUT2D eigenvalue weighted by Gasteiger charge is -2.47. The van der Waals surface area contributed by atoms with Gasteiger partial charge in [-0.1, -0.05) is 0 Å². The fraction of sp³-hybridized carbons (Fsp3) is 0.550. The Morgan fingerprint density at radius 3 is 2.69 bits per heavy atom. The van der Waals surface area contributed by atoms with Crippen molar-refractivity contribution in [3.63, 3.8) is 0 Å². The van der Waals surface area contributed by atoms with Gasteiger partial charge in [-0.15, -0.1) is 0 Å². The van der Waals surface area contributed by atoms with E-state index in [-0.39, 0.29) is 6.09 Å². The van der Waals surface area contributed by atoms with Gasteiger partial charge in [-0.25, -0.2) is 4.79 Å². The first-order chi connectivity index (χ1) is 12.3. The smallest absolute Gasteiger partial charge is 0.411 e. The van der Waals surface area contributed by atoms with Gasteiger partial charge < -0.3 is 13.9 Å². The van der Waals surface area contributed by atoms with Crippen molar-refractivity contribution in [2.24, 2.45) is 0 Å². The first-order valence-corrected chi connectivity index (χ1v) is 10.2. The third-order valence-corrected chi connectivity index (χ3v) is 5.88. The van der Waals surface area contributed by atoms with Crippen molar-refractivity contribution in [2.45, 2.75) is 51.2 Å². The monoisotopic (exact) mass is 469 g/mol. The zero-order valence-corrected chi connectivity index (χ0v) is 17.6. The minimum Gasteiger partial charge on any atom is -0.458 e. The number of amides is 1. The van der Waals surface area contributed by atoms with E-state index in [1.165, 1.54) is 5.56 Å². The third-order valence-electron chi connectivity index (χ3n) is 5.21. The Kier molecular flexibility index (Phi) is 4.46. The van der Waals surface area contributed by atoms with Crippen molar-refractivity contribution in [3.8, 4) is 0 Å². The zero-order valence-electron chi connectivity index (χ0n) is 15.4. The van der Waals surface area contributed by atoms with E-state index in [1.807, 2.05) is 25.7 Å². The molecule has 2 aliphatic rings. The molecule has 0 aliphatic carbocycles. The van der Waals surface area contributed by atoms with Crippen LogP contribution in [0.1, 0.15) is 44.9 Å². The summed E-state index contributed by atoms with van der Waals surface area (Å²) in [5, 5.41) is 1.16. The minimum atomic E-state index is -0.520. The van der Waals surface area contributed by atoms with Crippen molar-refractivity contribution in [2.75, 3.05) is 19.8 Å². The Balaban J connectivity index is 1.82. The summed E-state index contributed by atoms with van der Waals surface area (Å²) in [6.07, 6.45) is 1.98. The molecule has 6 heteroatoms. The number of hydrogen-bond acceptors (Lipinski definition) is 4. The number of fused-ring (bicyclic) bond motifs is 4. The number of carbonyl (C=O) groups is 1. The minimum absolute atomic E-state index is 0.264. The molecule has 0 bridgehead atoms. The number of halogens is 1. The van der Waals surface area contributed by atoms with Gasteiger partial charge in [-0.3, -0.25) is 4.90 Å². The molecule has 2 aromatic rings. The number of rotatable bonds is 0. The van der Waals surface area contributed by atoms with E-state index in [0.29, 0.717) is 19.8 Å². The lowest BCUT2D eigenvalue weighted by molar-refractivity contribution is -0.0598. The topological polar surface area (TPSA) is 51.9 Å². The molecule has 1 spiro atoms. The van der Waals surface area contributed by atoms with E-state index in [9.17, 15) is 4.79 Å². The quantitative estimate of drug-likeness (QED) is 0.519. The molecule has 1 amide bonds. The predicted octanol–water partition coefficient (Wildman–Crippen LogP) is 4.84. The normalized spacial score (nSPS) is 19.6. The summed E-state index contributed by atoms with van der Waals surface area (Å²) in [6, 6.07) is 6.31. The second kappa shape index (κ2) is 6.41. The van der Waals surface area contributed by atoms with Crippen LogP contribution in [0.2, 0.25) is 0 Å².